The van der Waals surface area contributed by atoms with E-state index in [1.807, 2.05) is 18.2 Å². The lowest BCUT2D eigenvalue weighted by atomic mass is 10.1. The number of ether oxygens (including phenoxy) is 2. The number of rotatable bonds is 7. The van der Waals surface area contributed by atoms with Crippen molar-refractivity contribution in [2.45, 2.75) is 11.3 Å². The van der Waals surface area contributed by atoms with Crippen LogP contribution >= 0.6 is 0 Å². The third kappa shape index (κ3) is 4.30. The third-order valence-corrected chi connectivity index (χ3v) is 5.92. The molecule has 6 nitrogen and oxygen atoms in total. The van der Waals surface area contributed by atoms with Crippen molar-refractivity contribution in [2.75, 3.05) is 46.5 Å². The molecular formula is C18H24N2O4S. The number of methoxy groups -OCH3 is 1. The molecule has 0 amide bonds. The Hall–Kier alpha value is -1.67. The van der Waals surface area contributed by atoms with E-state index in [-0.39, 0.29) is 4.90 Å². The van der Waals surface area contributed by atoms with Crippen LogP contribution in [0.2, 0.25) is 0 Å². The zero-order valence-electron chi connectivity index (χ0n) is 14.4. The van der Waals surface area contributed by atoms with Crippen LogP contribution in [-0.4, -0.2) is 59.8 Å². The molecule has 2 aromatic carbocycles. The summed E-state index contributed by atoms with van der Waals surface area (Å²) in [5.74, 6) is 0.668. The van der Waals surface area contributed by atoms with Crippen molar-refractivity contribution in [3.63, 3.8) is 0 Å². The molecule has 0 aliphatic carbocycles. The van der Waals surface area contributed by atoms with E-state index in [2.05, 4.69) is 9.62 Å². The maximum atomic E-state index is 12.7. The molecule has 0 saturated carbocycles. The first kappa shape index (κ1) is 18.1. The molecule has 136 valence electrons. The number of nitrogens with one attached hydrogen (secondary N) is 1. The number of hydrogen-bond acceptors (Lipinski definition) is 5. The van der Waals surface area contributed by atoms with E-state index in [1.54, 1.807) is 25.3 Å². The molecule has 0 radical (unpaired) electrons. The van der Waals surface area contributed by atoms with Gasteiger partial charge in [-0.2, -0.15) is 0 Å². The van der Waals surface area contributed by atoms with Crippen LogP contribution in [-0.2, 0) is 14.8 Å². The molecule has 25 heavy (non-hydrogen) atoms. The highest BCUT2D eigenvalue weighted by Crippen LogP contribution is 2.30. The molecule has 1 heterocycles. The fourth-order valence-electron chi connectivity index (χ4n) is 3.07. The van der Waals surface area contributed by atoms with E-state index >= 15 is 0 Å². The van der Waals surface area contributed by atoms with E-state index in [0.717, 1.165) is 44.7 Å². The second-order valence-corrected chi connectivity index (χ2v) is 7.75. The highest BCUT2D eigenvalue weighted by atomic mass is 32.2. The molecule has 3 rings (SSSR count). The van der Waals surface area contributed by atoms with Crippen LogP contribution in [0, 0.1) is 0 Å². The third-order valence-electron chi connectivity index (χ3n) is 4.40. The lowest BCUT2D eigenvalue weighted by Crippen LogP contribution is -2.38. The fraction of sp³-hybridized carbons (Fsp3) is 0.444. The number of hydrogen-bond donors (Lipinski definition) is 1. The quantitative estimate of drug-likeness (QED) is 0.760. The van der Waals surface area contributed by atoms with Crippen molar-refractivity contribution in [1.82, 2.24) is 9.62 Å². The van der Waals surface area contributed by atoms with E-state index in [0.29, 0.717) is 17.7 Å². The largest absolute Gasteiger partial charge is 0.496 e. The first-order chi connectivity index (χ1) is 12.1. The fourth-order valence-corrected chi connectivity index (χ4v) is 4.35. The second-order valence-electron chi connectivity index (χ2n) is 6.02. The topological polar surface area (TPSA) is 67.9 Å². The van der Waals surface area contributed by atoms with Gasteiger partial charge in [0.25, 0.3) is 0 Å². The van der Waals surface area contributed by atoms with Gasteiger partial charge in [0.1, 0.15) is 5.75 Å². The molecule has 1 aliphatic rings. The van der Waals surface area contributed by atoms with Gasteiger partial charge in [-0.25, -0.2) is 13.1 Å². The molecule has 1 saturated heterocycles. The smallest absolute Gasteiger partial charge is 0.241 e. The molecule has 1 fully saturated rings. The minimum atomic E-state index is -3.56. The van der Waals surface area contributed by atoms with Crippen LogP contribution in [0.15, 0.2) is 41.3 Å². The average molecular weight is 364 g/mol. The molecule has 0 aromatic heterocycles. The van der Waals surface area contributed by atoms with Crippen LogP contribution in [0.5, 0.6) is 5.75 Å². The van der Waals surface area contributed by atoms with Gasteiger partial charge in [-0.3, -0.25) is 4.90 Å². The molecular weight excluding hydrogens is 340 g/mol. The summed E-state index contributed by atoms with van der Waals surface area (Å²) in [6, 6.07) is 10.7. The Morgan fingerprint density at radius 3 is 2.56 bits per heavy atom. The van der Waals surface area contributed by atoms with E-state index < -0.39 is 10.0 Å². The Balaban J connectivity index is 1.69. The zero-order valence-corrected chi connectivity index (χ0v) is 15.2. The summed E-state index contributed by atoms with van der Waals surface area (Å²) >= 11 is 0. The minimum absolute atomic E-state index is 0.287. The number of sulfonamides is 1. The zero-order chi connectivity index (χ0) is 17.7. The lowest BCUT2D eigenvalue weighted by molar-refractivity contribution is 0.0376. The summed E-state index contributed by atoms with van der Waals surface area (Å²) in [6.45, 7) is 4.62. The van der Waals surface area contributed by atoms with Gasteiger partial charge >= 0.3 is 0 Å². The van der Waals surface area contributed by atoms with E-state index in [1.165, 1.54) is 0 Å². The molecule has 1 aliphatic heterocycles. The van der Waals surface area contributed by atoms with Gasteiger partial charge in [0.15, 0.2) is 0 Å². The summed E-state index contributed by atoms with van der Waals surface area (Å²) in [5.41, 5.74) is 0. The minimum Gasteiger partial charge on any atom is -0.496 e. The van der Waals surface area contributed by atoms with Crippen molar-refractivity contribution < 1.29 is 17.9 Å². The Bertz CT molecular complexity index is 817. The van der Waals surface area contributed by atoms with Crippen LogP contribution in [0.4, 0.5) is 0 Å². The van der Waals surface area contributed by atoms with Gasteiger partial charge in [-0.1, -0.05) is 24.3 Å². The van der Waals surface area contributed by atoms with Crippen molar-refractivity contribution in [1.29, 1.82) is 0 Å². The first-order valence-corrected chi connectivity index (χ1v) is 9.95. The normalized spacial score (nSPS) is 16.2. The summed E-state index contributed by atoms with van der Waals surface area (Å²) < 4.78 is 38.8. The van der Waals surface area contributed by atoms with Gasteiger partial charge in [0, 0.05) is 30.4 Å². The van der Waals surface area contributed by atoms with Crippen molar-refractivity contribution >= 4 is 20.8 Å². The van der Waals surface area contributed by atoms with Crippen molar-refractivity contribution in [3.8, 4) is 5.75 Å². The van der Waals surface area contributed by atoms with Crippen LogP contribution in [0.1, 0.15) is 6.42 Å². The Morgan fingerprint density at radius 2 is 1.84 bits per heavy atom. The van der Waals surface area contributed by atoms with Crippen LogP contribution < -0.4 is 9.46 Å². The Labute approximate surface area is 148 Å². The van der Waals surface area contributed by atoms with Crippen LogP contribution in [0.3, 0.4) is 0 Å². The molecule has 0 atom stereocenters. The lowest BCUT2D eigenvalue weighted by Gasteiger charge is -2.26. The number of nitrogens with zero attached hydrogens (tertiary/aromatic N) is 1. The molecule has 0 spiro atoms. The van der Waals surface area contributed by atoms with E-state index in [9.17, 15) is 8.42 Å². The maximum absolute atomic E-state index is 12.7. The summed E-state index contributed by atoms with van der Waals surface area (Å²) in [7, 11) is -1.98. The summed E-state index contributed by atoms with van der Waals surface area (Å²) in [6.07, 6.45) is 0.771. The molecule has 1 N–H and O–H groups in total. The highest BCUT2D eigenvalue weighted by Gasteiger charge is 2.18. The predicted molar refractivity (Wildman–Crippen MR) is 97.6 cm³/mol. The molecule has 0 bridgehead atoms. The monoisotopic (exact) mass is 364 g/mol. The molecule has 0 unspecified atom stereocenters. The summed E-state index contributed by atoms with van der Waals surface area (Å²) in [5, 5.41) is 1.46. The average Bonchev–Trinajstić information content (AvgIpc) is 2.65. The van der Waals surface area contributed by atoms with Gasteiger partial charge in [-0.05, 0) is 25.1 Å². The number of morpholine rings is 1. The van der Waals surface area contributed by atoms with Crippen molar-refractivity contribution in [3.05, 3.63) is 36.4 Å². The van der Waals surface area contributed by atoms with Gasteiger partial charge in [0.2, 0.25) is 10.0 Å². The number of benzene rings is 2. The Kier molecular flexibility index (Phi) is 5.90. The standard InChI is InChI=1S/C18H24N2O4S/c1-23-17-7-8-18(16-6-3-2-5-15(16)17)25(21,22)19-9-4-10-20-11-13-24-14-12-20/h2-3,5-8,19H,4,9-14H2,1H3. The van der Waals surface area contributed by atoms with Gasteiger partial charge in [0.05, 0.1) is 25.2 Å². The second kappa shape index (κ2) is 8.14. The first-order valence-electron chi connectivity index (χ1n) is 8.47. The van der Waals surface area contributed by atoms with Crippen LogP contribution in [0.25, 0.3) is 10.8 Å². The van der Waals surface area contributed by atoms with Gasteiger partial charge < -0.3 is 9.47 Å². The van der Waals surface area contributed by atoms with Crippen molar-refractivity contribution in [2.24, 2.45) is 0 Å². The Morgan fingerprint density at radius 1 is 1.12 bits per heavy atom. The predicted octanol–water partition coefficient (Wildman–Crippen LogP) is 1.85. The summed E-state index contributed by atoms with van der Waals surface area (Å²) in [4.78, 5) is 2.58. The van der Waals surface area contributed by atoms with Gasteiger partial charge in [-0.15, -0.1) is 0 Å². The highest BCUT2D eigenvalue weighted by molar-refractivity contribution is 7.89. The SMILES string of the molecule is COc1ccc(S(=O)(=O)NCCCN2CCOCC2)c2ccccc12. The molecule has 2 aromatic rings. The maximum Gasteiger partial charge on any atom is 0.241 e. The van der Waals surface area contributed by atoms with E-state index in [4.69, 9.17) is 9.47 Å². The molecule has 7 heteroatoms. The number of fused-ring (bicyclic) bond motifs is 1.